The maximum absolute atomic E-state index is 12.9. The first kappa shape index (κ1) is 77.1. The van der Waals surface area contributed by atoms with E-state index in [0.717, 1.165) is 102 Å². The lowest BCUT2D eigenvalue weighted by atomic mass is 10.0. The first-order valence-electron chi connectivity index (χ1n) is 31.2. The minimum Gasteiger partial charge on any atom is -0.462 e. The number of hydrogen-bond donors (Lipinski definition) is 3. The molecule has 0 fully saturated rings. The van der Waals surface area contributed by atoms with E-state index in [1.807, 2.05) is 0 Å². The fourth-order valence-corrected chi connectivity index (χ4v) is 10.3. The van der Waals surface area contributed by atoms with Gasteiger partial charge in [-0.1, -0.05) is 229 Å². The lowest BCUT2D eigenvalue weighted by molar-refractivity contribution is -0.161. The van der Waals surface area contributed by atoms with E-state index < -0.39 is 97.5 Å². The fraction of sp³-hybridized carbons (Fsp3) is 0.933. The molecule has 17 nitrogen and oxygen atoms in total. The molecular formula is C60H116O17P2. The Morgan fingerprint density at radius 1 is 0.316 bits per heavy atom. The molecule has 0 rings (SSSR count). The van der Waals surface area contributed by atoms with Crippen molar-refractivity contribution in [3.8, 4) is 0 Å². The molecule has 0 spiro atoms. The maximum atomic E-state index is 12.9. The SMILES string of the molecule is CC(C)CCCCCCCCCCC(=O)OC[C@H](COP(=O)(O)OCC(O)COP(=O)(O)OC[C@@H](COC(=O)CCCCCCCCC(C)C)OC(=O)CCCCCCCCCC(C)C)OC(=O)CCCCCCCCC(C)C. The Morgan fingerprint density at radius 3 is 0.785 bits per heavy atom. The van der Waals surface area contributed by atoms with Crippen LogP contribution in [0.15, 0.2) is 0 Å². The summed E-state index contributed by atoms with van der Waals surface area (Å²) in [6, 6.07) is 0. The Hall–Kier alpha value is -1.94. The average Bonchev–Trinajstić information content (AvgIpc) is 3.38. The molecule has 0 bridgehead atoms. The van der Waals surface area contributed by atoms with Crippen molar-refractivity contribution >= 4 is 39.5 Å². The molecule has 19 heteroatoms. The van der Waals surface area contributed by atoms with Gasteiger partial charge in [0.2, 0.25) is 0 Å². The van der Waals surface area contributed by atoms with Crippen LogP contribution in [0.5, 0.6) is 0 Å². The standard InChI is InChI=1S/C60H116O17P2/c1-50(2)36-28-20-12-9-10-14-24-32-40-57(62)70-46-56(77-60(65)43-35-27-19-17-23-31-39-53(7)8)49-75-79(68,69)73-45-54(61)44-72-78(66,67)74-48-55(47-71-58(63)41-33-25-18-16-22-30-38-52(5)6)76-59(64)42-34-26-15-11-13-21-29-37-51(3)4/h50-56,61H,9-49H2,1-8H3,(H,66,67)(H,68,69)/t54?,55-,56-/m1/s1. The molecular weight excluding hydrogens is 1050 g/mol. The second kappa shape index (κ2) is 50.6. The summed E-state index contributed by atoms with van der Waals surface area (Å²) in [5.74, 6) is 0.619. The van der Waals surface area contributed by atoms with Crippen molar-refractivity contribution in [2.24, 2.45) is 23.7 Å². The van der Waals surface area contributed by atoms with Gasteiger partial charge in [-0.3, -0.25) is 37.3 Å². The smallest absolute Gasteiger partial charge is 0.462 e. The first-order valence-corrected chi connectivity index (χ1v) is 34.2. The van der Waals surface area contributed by atoms with Crippen LogP contribution in [0.4, 0.5) is 0 Å². The van der Waals surface area contributed by atoms with E-state index in [0.29, 0.717) is 43.4 Å². The van der Waals surface area contributed by atoms with Crippen LogP contribution in [0.2, 0.25) is 0 Å². The van der Waals surface area contributed by atoms with Crippen LogP contribution >= 0.6 is 15.6 Å². The molecule has 0 saturated carbocycles. The molecule has 0 aromatic carbocycles. The van der Waals surface area contributed by atoms with Gasteiger partial charge in [-0.25, -0.2) is 9.13 Å². The normalized spacial score (nSPS) is 14.6. The summed E-state index contributed by atoms with van der Waals surface area (Å²) in [5.41, 5.74) is 0. The van der Waals surface area contributed by atoms with Crippen molar-refractivity contribution in [1.29, 1.82) is 0 Å². The number of rotatable bonds is 57. The number of unbranched alkanes of at least 4 members (excludes halogenated alkanes) is 23. The van der Waals surface area contributed by atoms with Crippen LogP contribution in [0.1, 0.15) is 280 Å². The second-order valence-corrected chi connectivity index (χ2v) is 26.5. The summed E-state index contributed by atoms with van der Waals surface area (Å²) in [6.45, 7) is 13.8. The van der Waals surface area contributed by atoms with Gasteiger partial charge in [0.25, 0.3) is 0 Å². The first-order chi connectivity index (χ1) is 37.6. The predicted molar refractivity (Wildman–Crippen MR) is 312 cm³/mol. The van der Waals surface area contributed by atoms with Gasteiger partial charge < -0.3 is 33.8 Å². The van der Waals surface area contributed by atoms with E-state index in [2.05, 4.69) is 55.4 Å². The Bertz CT molecular complexity index is 1590. The van der Waals surface area contributed by atoms with Crippen LogP contribution in [0.3, 0.4) is 0 Å². The van der Waals surface area contributed by atoms with E-state index in [1.54, 1.807) is 0 Å². The molecule has 3 N–H and O–H groups in total. The van der Waals surface area contributed by atoms with Crippen LogP contribution < -0.4 is 0 Å². The fourth-order valence-electron chi connectivity index (χ4n) is 8.72. The molecule has 468 valence electrons. The molecule has 0 saturated heterocycles. The topological polar surface area (TPSA) is 237 Å². The number of aliphatic hydroxyl groups is 1. The minimum absolute atomic E-state index is 0.101. The number of esters is 4. The number of ether oxygens (including phenoxy) is 4. The third kappa shape index (κ3) is 55.0. The molecule has 0 radical (unpaired) electrons. The van der Waals surface area contributed by atoms with Gasteiger partial charge in [-0.2, -0.15) is 0 Å². The third-order valence-electron chi connectivity index (χ3n) is 13.6. The van der Waals surface area contributed by atoms with Crippen LogP contribution in [0, 0.1) is 23.7 Å². The van der Waals surface area contributed by atoms with E-state index in [-0.39, 0.29) is 25.7 Å². The number of phosphoric acid groups is 2. The summed E-state index contributed by atoms with van der Waals surface area (Å²) in [5, 5.41) is 10.5. The lowest BCUT2D eigenvalue weighted by Gasteiger charge is -2.21. The monoisotopic (exact) mass is 1170 g/mol. The average molecular weight is 1170 g/mol. The Balaban J connectivity index is 5.24. The Morgan fingerprint density at radius 2 is 0.532 bits per heavy atom. The summed E-state index contributed by atoms with van der Waals surface area (Å²) in [7, 11) is -9.88. The van der Waals surface area contributed by atoms with Crippen molar-refractivity contribution in [3.05, 3.63) is 0 Å². The van der Waals surface area contributed by atoms with Gasteiger partial charge in [0.05, 0.1) is 26.4 Å². The van der Waals surface area contributed by atoms with Crippen molar-refractivity contribution in [2.45, 2.75) is 298 Å². The largest absolute Gasteiger partial charge is 0.472 e. The molecule has 0 aromatic rings. The molecule has 0 aliphatic heterocycles. The summed E-state index contributed by atoms with van der Waals surface area (Å²) < 4.78 is 67.7. The molecule has 0 aliphatic rings. The summed E-state index contributed by atoms with van der Waals surface area (Å²) in [6.07, 6.45) is 28.5. The number of carbonyl (C=O) groups excluding carboxylic acids is 4. The van der Waals surface area contributed by atoms with E-state index >= 15 is 0 Å². The lowest BCUT2D eigenvalue weighted by Crippen LogP contribution is -2.30. The maximum Gasteiger partial charge on any atom is 0.472 e. The zero-order valence-electron chi connectivity index (χ0n) is 51.0. The molecule has 0 amide bonds. The highest BCUT2D eigenvalue weighted by Crippen LogP contribution is 2.45. The molecule has 0 aliphatic carbocycles. The van der Waals surface area contributed by atoms with Gasteiger partial charge in [-0.05, 0) is 49.4 Å². The predicted octanol–water partition coefficient (Wildman–Crippen LogP) is 15.8. The van der Waals surface area contributed by atoms with Crippen molar-refractivity contribution in [1.82, 2.24) is 0 Å². The van der Waals surface area contributed by atoms with Crippen molar-refractivity contribution in [3.63, 3.8) is 0 Å². The number of aliphatic hydroxyl groups excluding tert-OH is 1. The molecule has 5 atom stereocenters. The van der Waals surface area contributed by atoms with Crippen LogP contribution in [0.25, 0.3) is 0 Å². The highest BCUT2D eigenvalue weighted by atomic mass is 31.2. The Kier molecular flexibility index (Phi) is 49.3. The highest BCUT2D eigenvalue weighted by Gasteiger charge is 2.30. The second-order valence-electron chi connectivity index (χ2n) is 23.6. The molecule has 3 unspecified atom stereocenters. The molecule has 0 aromatic heterocycles. The van der Waals surface area contributed by atoms with Crippen molar-refractivity contribution in [2.75, 3.05) is 39.6 Å². The third-order valence-corrected chi connectivity index (χ3v) is 15.5. The summed E-state index contributed by atoms with van der Waals surface area (Å²) in [4.78, 5) is 71.9. The zero-order valence-corrected chi connectivity index (χ0v) is 52.8. The van der Waals surface area contributed by atoms with Gasteiger partial charge in [-0.15, -0.1) is 0 Å². The molecule has 0 heterocycles. The van der Waals surface area contributed by atoms with E-state index in [1.165, 1.54) is 77.0 Å². The zero-order chi connectivity index (χ0) is 59.0. The molecule has 79 heavy (non-hydrogen) atoms. The van der Waals surface area contributed by atoms with Crippen LogP contribution in [-0.4, -0.2) is 96.7 Å². The highest BCUT2D eigenvalue weighted by molar-refractivity contribution is 7.47. The van der Waals surface area contributed by atoms with Gasteiger partial charge >= 0.3 is 39.5 Å². The van der Waals surface area contributed by atoms with Crippen LogP contribution in [-0.2, 0) is 65.4 Å². The summed E-state index contributed by atoms with van der Waals surface area (Å²) >= 11 is 0. The van der Waals surface area contributed by atoms with Gasteiger partial charge in [0, 0.05) is 25.7 Å². The number of carbonyl (C=O) groups is 4. The Labute approximate surface area is 479 Å². The minimum atomic E-state index is -4.94. The van der Waals surface area contributed by atoms with E-state index in [9.17, 15) is 43.2 Å². The van der Waals surface area contributed by atoms with Gasteiger partial charge in [0.15, 0.2) is 12.2 Å². The number of phosphoric ester groups is 2. The van der Waals surface area contributed by atoms with E-state index in [4.69, 9.17) is 37.0 Å². The quantitative estimate of drug-likeness (QED) is 0.0222. The van der Waals surface area contributed by atoms with Crippen molar-refractivity contribution < 1.29 is 80.2 Å². The number of hydrogen-bond acceptors (Lipinski definition) is 15. The van der Waals surface area contributed by atoms with Gasteiger partial charge in [0.1, 0.15) is 19.3 Å².